The summed E-state index contributed by atoms with van der Waals surface area (Å²) >= 11 is 0. The van der Waals surface area contributed by atoms with E-state index in [1.165, 1.54) is 25.5 Å². The lowest BCUT2D eigenvalue weighted by molar-refractivity contribution is -0.134. The summed E-state index contributed by atoms with van der Waals surface area (Å²) in [7, 11) is 1.79. The minimum atomic E-state index is -0.497. The van der Waals surface area contributed by atoms with Gasteiger partial charge in [0.1, 0.15) is 11.6 Å². The molecule has 0 atom stereocenters. The quantitative estimate of drug-likeness (QED) is 0.785. The molecule has 120 valence electrons. The average molecular weight is 307 g/mol. The minimum absolute atomic E-state index is 0.120. The Morgan fingerprint density at radius 1 is 1.27 bits per heavy atom. The molecule has 1 fully saturated rings. The van der Waals surface area contributed by atoms with E-state index in [-0.39, 0.29) is 35.7 Å². The van der Waals surface area contributed by atoms with Crippen LogP contribution in [-0.2, 0) is 4.79 Å². The molecule has 0 aliphatic heterocycles. The lowest BCUT2D eigenvalue weighted by atomic mass is 9.94. The van der Waals surface area contributed by atoms with E-state index in [1.807, 2.05) is 0 Å². The zero-order valence-corrected chi connectivity index (χ0v) is 13.1. The SMILES string of the molecule is CC(=O)c1cc(F)ccc1OCC(=O)N(C)C1CCCCC1. The summed E-state index contributed by atoms with van der Waals surface area (Å²) < 4.78 is 18.6. The normalized spacial score (nSPS) is 15.4. The maximum atomic E-state index is 13.2. The van der Waals surface area contributed by atoms with Gasteiger partial charge in [-0.1, -0.05) is 19.3 Å². The predicted octanol–water partition coefficient (Wildman–Crippen LogP) is 3.20. The van der Waals surface area contributed by atoms with Gasteiger partial charge in [-0.15, -0.1) is 0 Å². The van der Waals surface area contributed by atoms with Gasteiger partial charge in [0.05, 0.1) is 5.56 Å². The number of nitrogens with zero attached hydrogens (tertiary/aromatic N) is 1. The van der Waals surface area contributed by atoms with Gasteiger partial charge in [0.15, 0.2) is 12.4 Å². The molecule has 0 spiro atoms. The number of amides is 1. The number of ketones is 1. The van der Waals surface area contributed by atoms with Crippen molar-refractivity contribution >= 4 is 11.7 Å². The molecule has 1 aromatic carbocycles. The van der Waals surface area contributed by atoms with E-state index in [9.17, 15) is 14.0 Å². The Balaban J connectivity index is 1.97. The van der Waals surface area contributed by atoms with Gasteiger partial charge in [-0.25, -0.2) is 4.39 Å². The molecule has 0 N–H and O–H groups in total. The van der Waals surface area contributed by atoms with Crippen molar-refractivity contribution in [3.8, 4) is 5.75 Å². The van der Waals surface area contributed by atoms with Crippen LogP contribution in [0, 0.1) is 5.82 Å². The third-order valence-corrected chi connectivity index (χ3v) is 4.19. The fraction of sp³-hybridized carbons (Fsp3) is 0.529. The van der Waals surface area contributed by atoms with Crippen molar-refractivity contribution in [1.29, 1.82) is 0 Å². The van der Waals surface area contributed by atoms with Crippen molar-refractivity contribution in [3.63, 3.8) is 0 Å². The summed E-state index contributed by atoms with van der Waals surface area (Å²) in [6, 6.07) is 4.01. The highest BCUT2D eigenvalue weighted by Gasteiger charge is 2.22. The van der Waals surface area contributed by atoms with Gasteiger partial charge in [-0.05, 0) is 38.0 Å². The van der Waals surface area contributed by atoms with Gasteiger partial charge in [0.25, 0.3) is 5.91 Å². The first-order chi connectivity index (χ1) is 10.5. The molecular weight excluding hydrogens is 285 g/mol. The van der Waals surface area contributed by atoms with Crippen molar-refractivity contribution in [2.24, 2.45) is 0 Å². The number of ether oxygens (including phenoxy) is 1. The van der Waals surface area contributed by atoms with Gasteiger partial charge in [-0.2, -0.15) is 0 Å². The van der Waals surface area contributed by atoms with Crippen LogP contribution in [0.15, 0.2) is 18.2 Å². The summed E-state index contributed by atoms with van der Waals surface area (Å²) in [5, 5.41) is 0. The molecule has 0 aromatic heterocycles. The molecule has 1 amide bonds. The molecule has 4 nitrogen and oxygen atoms in total. The van der Waals surface area contributed by atoms with Crippen LogP contribution < -0.4 is 4.74 Å². The first kappa shape index (κ1) is 16.5. The Kier molecular flexibility index (Phi) is 5.52. The number of Topliss-reactive ketones (excluding diaryl/α,β-unsaturated/α-hetero) is 1. The summed E-state index contributed by atoms with van der Waals surface area (Å²) in [4.78, 5) is 25.4. The lowest BCUT2D eigenvalue weighted by Gasteiger charge is -2.31. The van der Waals surface area contributed by atoms with Gasteiger partial charge in [0.2, 0.25) is 0 Å². The van der Waals surface area contributed by atoms with Crippen molar-refractivity contribution in [2.45, 2.75) is 45.1 Å². The Bertz CT molecular complexity index is 553. The number of carbonyl (C=O) groups excluding carboxylic acids is 2. The number of carbonyl (C=O) groups is 2. The van der Waals surface area contributed by atoms with Crippen LogP contribution in [0.5, 0.6) is 5.75 Å². The molecule has 1 aromatic rings. The van der Waals surface area contributed by atoms with E-state index < -0.39 is 5.82 Å². The molecule has 2 rings (SSSR count). The Morgan fingerprint density at radius 3 is 2.59 bits per heavy atom. The van der Waals surface area contributed by atoms with E-state index in [2.05, 4.69) is 0 Å². The number of halogens is 1. The predicted molar refractivity (Wildman–Crippen MR) is 81.5 cm³/mol. The third-order valence-electron chi connectivity index (χ3n) is 4.19. The smallest absolute Gasteiger partial charge is 0.260 e. The van der Waals surface area contributed by atoms with Crippen molar-refractivity contribution < 1.29 is 18.7 Å². The fourth-order valence-corrected chi connectivity index (χ4v) is 2.82. The first-order valence-corrected chi connectivity index (χ1v) is 7.68. The second-order valence-electron chi connectivity index (χ2n) is 5.78. The average Bonchev–Trinajstić information content (AvgIpc) is 2.53. The van der Waals surface area contributed by atoms with Gasteiger partial charge in [-0.3, -0.25) is 9.59 Å². The van der Waals surface area contributed by atoms with Gasteiger partial charge in [0, 0.05) is 13.1 Å². The number of benzene rings is 1. The Hall–Kier alpha value is -1.91. The fourth-order valence-electron chi connectivity index (χ4n) is 2.82. The van der Waals surface area contributed by atoms with E-state index in [1.54, 1.807) is 11.9 Å². The van der Waals surface area contributed by atoms with Crippen molar-refractivity contribution in [1.82, 2.24) is 4.90 Å². The van der Waals surface area contributed by atoms with E-state index in [4.69, 9.17) is 4.74 Å². The summed E-state index contributed by atoms with van der Waals surface area (Å²) in [5.74, 6) is -0.657. The number of rotatable bonds is 5. The topological polar surface area (TPSA) is 46.6 Å². The zero-order chi connectivity index (χ0) is 16.1. The highest BCUT2D eigenvalue weighted by atomic mass is 19.1. The van der Waals surface area contributed by atoms with E-state index in [0.29, 0.717) is 0 Å². The molecule has 0 radical (unpaired) electrons. The summed E-state index contributed by atoms with van der Waals surface area (Å²) in [6.07, 6.45) is 5.58. The molecule has 0 unspecified atom stereocenters. The maximum absolute atomic E-state index is 13.2. The molecule has 0 saturated heterocycles. The number of likely N-dealkylation sites (N-methyl/N-ethyl adjacent to an activating group) is 1. The van der Waals surface area contributed by atoms with Crippen LogP contribution >= 0.6 is 0 Å². The standard InChI is InChI=1S/C17H22FNO3/c1-12(20)15-10-13(18)8-9-16(15)22-11-17(21)19(2)14-6-4-3-5-7-14/h8-10,14H,3-7,11H2,1-2H3. The zero-order valence-electron chi connectivity index (χ0n) is 13.1. The molecule has 1 aliphatic carbocycles. The molecule has 5 heteroatoms. The van der Waals surface area contributed by atoms with Gasteiger partial charge < -0.3 is 9.64 Å². The summed E-state index contributed by atoms with van der Waals surface area (Å²) in [6.45, 7) is 1.20. The second-order valence-corrected chi connectivity index (χ2v) is 5.78. The highest BCUT2D eigenvalue weighted by Crippen LogP contribution is 2.23. The number of hydrogen-bond acceptors (Lipinski definition) is 3. The largest absolute Gasteiger partial charge is 0.483 e. The van der Waals surface area contributed by atoms with Gasteiger partial charge >= 0.3 is 0 Å². The van der Waals surface area contributed by atoms with Crippen LogP contribution in [0.1, 0.15) is 49.4 Å². The Morgan fingerprint density at radius 2 is 1.95 bits per heavy atom. The molecule has 0 bridgehead atoms. The van der Waals surface area contributed by atoms with Crippen molar-refractivity contribution in [2.75, 3.05) is 13.7 Å². The van der Waals surface area contributed by atoms with E-state index in [0.717, 1.165) is 31.7 Å². The molecular formula is C17H22FNO3. The molecule has 1 aliphatic rings. The number of hydrogen-bond donors (Lipinski definition) is 0. The van der Waals surface area contributed by atoms with Crippen LogP contribution in [0.2, 0.25) is 0 Å². The van der Waals surface area contributed by atoms with Crippen molar-refractivity contribution in [3.05, 3.63) is 29.6 Å². The van der Waals surface area contributed by atoms with Crippen LogP contribution in [0.3, 0.4) is 0 Å². The monoisotopic (exact) mass is 307 g/mol. The third kappa shape index (κ3) is 4.06. The summed E-state index contributed by atoms with van der Waals surface area (Å²) in [5.41, 5.74) is 0.160. The van der Waals surface area contributed by atoms with Crippen LogP contribution in [0.25, 0.3) is 0 Å². The van der Waals surface area contributed by atoms with E-state index >= 15 is 0 Å². The maximum Gasteiger partial charge on any atom is 0.260 e. The highest BCUT2D eigenvalue weighted by molar-refractivity contribution is 5.96. The minimum Gasteiger partial charge on any atom is -0.483 e. The molecule has 22 heavy (non-hydrogen) atoms. The van der Waals surface area contributed by atoms with Crippen LogP contribution in [-0.4, -0.2) is 36.3 Å². The van der Waals surface area contributed by atoms with Crippen LogP contribution in [0.4, 0.5) is 4.39 Å². The first-order valence-electron chi connectivity index (χ1n) is 7.68. The lowest BCUT2D eigenvalue weighted by Crippen LogP contribution is -2.40. The second kappa shape index (κ2) is 7.38. The molecule has 1 saturated carbocycles. The molecule has 0 heterocycles. The Labute approximate surface area is 130 Å².